The lowest BCUT2D eigenvalue weighted by Crippen LogP contribution is -2.49. The highest BCUT2D eigenvalue weighted by molar-refractivity contribution is 7.80. The van der Waals surface area contributed by atoms with Gasteiger partial charge >= 0.3 is 0 Å². The number of aryl methyl sites for hydroxylation is 2. The second kappa shape index (κ2) is 7.28. The molecule has 0 aliphatic carbocycles. The van der Waals surface area contributed by atoms with Gasteiger partial charge in [0.15, 0.2) is 5.11 Å². The lowest BCUT2D eigenvalue weighted by molar-refractivity contribution is -0.126. The maximum atomic E-state index is 13.4. The van der Waals surface area contributed by atoms with Crippen LogP contribution < -0.4 is 15.5 Å². The van der Waals surface area contributed by atoms with Crippen molar-refractivity contribution >= 4 is 40.5 Å². The number of thiocarbonyl (C=S) groups is 1. The Kier molecular flexibility index (Phi) is 4.68. The number of carbonyl (C=O) groups is 2. The van der Waals surface area contributed by atoms with Gasteiger partial charge in [-0.05, 0) is 50.3 Å². The fourth-order valence-corrected chi connectivity index (χ4v) is 4.88. The average Bonchev–Trinajstić information content (AvgIpc) is 3.40. The zero-order chi connectivity index (χ0) is 21.8. The first-order valence-electron chi connectivity index (χ1n) is 10.3. The van der Waals surface area contributed by atoms with Gasteiger partial charge in [0.2, 0.25) is 11.8 Å². The van der Waals surface area contributed by atoms with E-state index in [0.29, 0.717) is 17.3 Å². The van der Waals surface area contributed by atoms with E-state index in [4.69, 9.17) is 17.0 Å². The third-order valence-electron chi connectivity index (χ3n) is 6.28. The molecule has 6 nitrogen and oxygen atoms in total. The maximum absolute atomic E-state index is 13.4. The summed E-state index contributed by atoms with van der Waals surface area (Å²) in [5, 5.41) is 6.76. The van der Waals surface area contributed by atoms with Crippen molar-refractivity contribution in [3.63, 3.8) is 0 Å². The minimum atomic E-state index is -0.888. The maximum Gasteiger partial charge on any atom is 0.241 e. The summed E-state index contributed by atoms with van der Waals surface area (Å²) < 4.78 is 6.16. The normalized spacial score (nSPS) is 28.2. The Bertz CT molecular complexity index is 1100. The van der Waals surface area contributed by atoms with Crippen molar-refractivity contribution in [2.75, 3.05) is 16.8 Å². The van der Waals surface area contributed by atoms with E-state index in [1.165, 1.54) is 10.5 Å². The smallest absolute Gasteiger partial charge is 0.241 e. The Morgan fingerprint density at radius 2 is 1.68 bits per heavy atom. The average molecular weight is 434 g/mol. The van der Waals surface area contributed by atoms with E-state index in [-0.39, 0.29) is 11.8 Å². The van der Waals surface area contributed by atoms with Gasteiger partial charge in [-0.3, -0.25) is 9.59 Å². The molecule has 2 saturated heterocycles. The lowest BCUT2D eigenvalue weighted by atomic mass is 9.77. The third-order valence-corrected chi connectivity index (χ3v) is 6.53. The minimum Gasteiger partial charge on any atom is -0.360 e. The van der Waals surface area contributed by atoms with E-state index in [9.17, 15) is 9.59 Å². The monoisotopic (exact) mass is 433 g/mol. The van der Waals surface area contributed by atoms with Crippen molar-refractivity contribution in [2.45, 2.75) is 25.6 Å². The van der Waals surface area contributed by atoms with Crippen LogP contribution in [0, 0.1) is 25.7 Å². The van der Waals surface area contributed by atoms with Crippen molar-refractivity contribution < 1.29 is 14.3 Å². The highest BCUT2D eigenvalue weighted by atomic mass is 32.1. The van der Waals surface area contributed by atoms with Crippen molar-refractivity contribution in [3.8, 4) is 0 Å². The van der Waals surface area contributed by atoms with Crippen LogP contribution >= 0.6 is 12.2 Å². The highest BCUT2D eigenvalue weighted by Crippen LogP contribution is 2.52. The molecule has 3 aliphatic rings. The standard InChI is InChI=1S/C24H23N3O3S/c1-14-3-7-16(8-4-14)26-23(31)25-13-24-12-11-18(30-24)19-20(24)22(29)27(21(19)28)17-9-5-15(2)6-10-17/h3-12,18-20H,13H2,1-2H3,(H2,25,26,31)/t18-,19-,20+,24-/m1/s1. The summed E-state index contributed by atoms with van der Waals surface area (Å²) >= 11 is 5.43. The summed E-state index contributed by atoms with van der Waals surface area (Å²) in [6.45, 7) is 4.30. The fourth-order valence-electron chi connectivity index (χ4n) is 4.69. The van der Waals surface area contributed by atoms with Crippen molar-refractivity contribution in [1.29, 1.82) is 0 Å². The summed E-state index contributed by atoms with van der Waals surface area (Å²) in [5.74, 6) is -1.48. The molecule has 0 unspecified atom stereocenters. The number of hydrogen-bond acceptors (Lipinski definition) is 4. The Balaban J connectivity index is 1.33. The number of hydrogen-bond donors (Lipinski definition) is 2. The SMILES string of the molecule is Cc1ccc(NC(=S)NC[C@@]23C=C[C@@H](O2)[C@H]2C(=O)N(c4ccc(C)cc4)C(=O)[C@H]23)cc1. The number of carbonyl (C=O) groups excluding carboxylic acids is 2. The molecule has 0 radical (unpaired) electrons. The van der Waals surface area contributed by atoms with Crippen LogP contribution in [0.15, 0.2) is 60.7 Å². The van der Waals surface area contributed by atoms with Crippen LogP contribution in [0.1, 0.15) is 11.1 Å². The summed E-state index contributed by atoms with van der Waals surface area (Å²) in [6.07, 6.45) is 3.41. The van der Waals surface area contributed by atoms with Crippen molar-refractivity contribution in [3.05, 3.63) is 71.8 Å². The van der Waals surface area contributed by atoms with Crippen LogP contribution in [0.2, 0.25) is 0 Å². The van der Waals surface area contributed by atoms with Gasteiger partial charge < -0.3 is 15.4 Å². The van der Waals surface area contributed by atoms with Gasteiger partial charge in [0.05, 0.1) is 30.2 Å². The number of imide groups is 1. The van der Waals surface area contributed by atoms with Gasteiger partial charge in [-0.15, -0.1) is 0 Å². The largest absolute Gasteiger partial charge is 0.360 e. The van der Waals surface area contributed by atoms with Crippen LogP contribution in [-0.4, -0.2) is 35.2 Å². The van der Waals surface area contributed by atoms with Crippen molar-refractivity contribution in [1.82, 2.24) is 5.32 Å². The molecule has 2 fully saturated rings. The molecule has 4 atom stereocenters. The van der Waals surface area contributed by atoms with Gasteiger partial charge in [0, 0.05) is 5.69 Å². The molecule has 2 bridgehead atoms. The summed E-state index contributed by atoms with van der Waals surface area (Å²) in [4.78, 5) is 27.8. The second-order valence-corrected chi connectivity index (χ2v) is 8.83. The molecule has 0 aromatic heterocycles. The first-order valence-corrected chi connectivity index (χ1v) is 10.7. The van der Waals surface area contributed by atoms with Crippen LogP contribution in [0.4, 0.5) is 11.4 Å². The Labute approximate surface area is 186 Å². The number of nitrogens with zero attached hydrogens (tertiary/aromatic N) is 1. The van der Waals surface area contributed by atoms with Crippen LogP contribution in [0.25, 0.3) is 0 Å². The summed E-state index contributed by atoms with van der Waals surface area (Å²) in [7, 11) is 0. The van der Waals surface area contributed by atoms with Crippen molar-refractivity contribution in [2.24, 2.45) is 11.8 Å². The van der Waals surface area contributed by atoms with Crippen LogP contribution in [0.3, 0.4) is 0 Å². The van der Waals surface area contributed by atoms with Gasteiger partial charge in [0.1, 0.15) is 5.60 Å². The highest BCUT2D eigenvalue weighted by Gasteiger charge is 2.67. The third kappa shape index (κ3) is 3.25. The Hall–Kier alpha value is -3.03. The molecule has 2 amide bonds. The van der Waals surface area contributed by atoms with E-state index in [0.717, 1.165) is 11.3 Å². The summed E-state index contributed by atoms with van der Waals surface area (Å²) in [5.41, 5.74) is 2.83. The fraction of sp³-hybridized carbons (Fsp3) is 0.292. The molecule has 3 heterocycles. The van der Waals surface area contributed by atoms with E-state index in [1.807, 2.05) is 74.5 Å². The number of benzene rings is 2. The van der Waals surface area contributed by atoms with E-state index < -0.39 is 23.5 Å². The number of ether oxygens (including phenoxy) is 1. The van der Waals surface area contributed by atoms with Crippen LogP contribution in [-0.2, 0) is 14.3 Å². The summed E-state index contributed by atoms with van der Waals surface area (Å²) in [6, 6.07) is 15.3. The van der Waals surface area contributed by atoms with E-state index in [2.05, 4.69) is 10.6 Å². The first-order chi connectivity index (χ1) is 14.9. The predicted molar refractivity (Wildman–Crippen MR) is 123 cm³/mol. The first kappa shape index (κ1) is 19.9. The van der Waals surface area contributed by atoms with E-state index in [1.54, 1.807) is 0 Å². The molecular formula is C24H23N3O3S. The molecular weight excluding hydrogens is 410 g/mol. The number of anilines is 2. The van der Waals surface area contributed by atoms with Gasteiger partial charge in [0.25, 0.3) is 0 Å². The molecule has 2 aromatic carbocycles. The van der Waals surface area contributed by atoms with Gasteiger partial charge in [-0.2, -0.15) is 0 Å². The molecule has 7 heteroatoms. The lowest BCUT2D eigenvalue weighted by Gasteiger charge is -2.29. The number of fused-ring (bicyclic) bond motifs is 5. The molecule has 0 spiro atoms. The zero-order valence-corrected chi connectivity index (χ0v) is 18.1. The number of rotatable bonds is 4. The Morgan fingerprint density at radius 1 is 1.03 bits per heavy atom. The molecule has 2 aromatic rings. The molecule has 158 valence electrons. The van der Waals surface area contributed by atoms with E-state index >= 15 is 0 Å². The quantitative estimate of drug-likeness (QED) is 0.439. The van der Waals surface area contributed by atoms with Crippen LogP contribution in [0.5, 0.6) is 0 Å². The van der Waals surface area contributed by atoms with Gasteiger partial charge in [-0.25, -0.2) is 4.90 Å². The van der Waals surface area contributed by atoms with Gasteiger partial charge in [-0.1, -0.05) is 47.5 Å². The molecule has 2 N–H and O–H groups in total. The molecule has 31 heavy (non-hydrogen) atoms. The molecule has 0 saturated carbocycles. The molecule has 5 rings (SSSR count). The minimum absolute atomic E-state index is 0.199. The molecule has 3 aliphatic heterocycles. The number of amides is 2. The second-order valence-electron chi connectivity index (χ2n) is 8.42. The topological polar surface area (TPSA) is 70.7 Å². The predicted octanol–water partition coefficient (Wildman–Crippen LogP) is 3.10. The Morgan fingerprint density at radius 3 is 2.35 bits per heavy atom. The number of nitrogens with one attached hydrogen (secondary N) is 2. The zero-order valence-electron chi connectivity index (χ0n) is 17.3.